The van der Waals surface area contributed by atoms with Crippen LogP contribution in [0, 0.1) is 6.92 Å². The highest BCUT2D eigenvalue weighted by molar-refractivity contribution is 5.28. The molecule has 0 amide bonds. The fraction of sp³-hybridized carbons (Fsp3) is 0.400. The van der Waals surface area contributed by atoms with Gasteiger partial charge in [0.15, 0.2) is 0 Å². The van der Waals surface area contributed by atoms with Crippen molar-refractivity contribution in [2.45, 2.75) is 39.3 Å². The highest BCUT2D eigenvalue weighted by Crippen LogP contribution is 2.17. The fourth-order valence-corrected chi connectivity index (χ4v) is 2.92. The van der Waals surface area contributed by atoms with Gasteiger partial charge in [0, 0.05) is 6.54 Å². The zero-order valence-corrected chi connectivity index (χ0v) is 13.4. The second-order valence-corrected chi connectivity index (χ2v) is 6.26. The molecule has 1 fully saturated rings. The number of likely N-dealkylation sites (tertiary alicyclic amines) is 1. The zero-order chi connectivity index (χ0) is 15.2. The van der Waals surface area contributed by atoms with Gasteiger partial charge in [-0.25, -0.2) is 0 Å². The zero-order valence-electron chi connectivity index (χ0n) is 13.4. The molecular weight excluding hydrogens is 270 g/mol. The summed E-state index contributed by atoms with van der Waals surface area (Å²) >= 11 is 0. The van der Waals surface area contributed by atoms with E-state index in [2.05, 4.69) is 60.4 Å². The van der Waals surface area contributed by atoms with Crippen LogP contribution in [0.5, 0.6) is 5.75 Å². The van der Waals surface area contributed by atoms with Crippen molar-refractivity contribution < 1.29 is 4.74 Å². The summed E-state index contributed by atoms with van der Waals surface area (Å²) in [7, 11) is 0. The SMILES string of the molecule is Cc1ccc(COc2ccc(CN3CCCCC3)cc2)cc1. The Morgan fingerprint density at radius 1 is 0.818 bits per heavy atom. The molecule has 0 aliphatic carbocycles. The summed E-state index contributed by atoms with van der Waals surface area (Å²) in [5, 5.41) is 0. The summed E-state index contributed by atoms with van der Waals surface area (Å²) in [4.78, 5) is 2.55. The first-order valence-electron chi connectivity index (χ1n) is 8.29. The Bertz CT molecular complexity index is 568. The van der Waals surface area contributed by atoms with Crippen molar-refractivity contribution in [3.8, 4) is 5.75 Å². The van der Waals surface area contributed by atoms with Crippen LogP contribution in [0.3, 0.4) is 0 Å². The van der Waals surface area contributed by atoms with Crippen molar-refractivity contribution in [1.29, 1.82) is 0 Å². The molecule has 0 radical (unpaired) electrons. The summed E-state index contributed by atoms with van der Waals surface area (Å²) < 4.78 is 5.86. The molecule has 3 rings (SSSR count). The van der Waals surface area contributed by atoms with E-state index in [1.807, 2.05) is 0 Å². The predicted molar refractivity (Wildman–Crippen MR) is 91.1 cm³/mol. The van der Waals surface area contributed by atoms with Crippen molar-refractivity contribution in [3.63, 3.8) is 0 Å². The van der Waals surface area contributed by atoms with Gasteiger partial charge >= 0.3 is 0 Å². The maximum atomic E-state index is 5.86. The van der Waals surface area contributed by atoms with Gasteiger partial charge in [0.05, 0.1) is 0 Å². The first-order valence-corrected chi connectivity index (χ1v) is 8.29. The van der Waals surface area contributed by atoms with E-state index in [0.29, 0.717) is 6.61 Å². The van der Waals surface area contributed by atoms with Crippen LogP contribution in [-0.2, 0) is 13.2 Å². The Hall–Kier alpha value is -1.80. The van der Waals surface area contributed by atoms with Crippen LogP contribution in [0.4, 0.5) is 0 Å². The number of benzene rings is 2. The quantitative estimate of drug-likeness (QED) is 0.801. The lowest BCUT2D eigenvalue weighted by Crippen LogP contribution is -2.28. The lowest BCUT2D eigenvalue weighted by molar-refractivity contribution is 0.221. The maximum Gasteiger partial charge on any atom is 0.119 e. The summed E-state index contributed by atoms with van der Waals surface area (Å²) in [5.74, 6) is 0.947. The molecule has 1 aliphatic heterocycles. The number of nitrogens with zero attached hydrogens (tertiary/aromatic N) is 1. The van der Waals surface area contributed by atoms with Gasteiger partial charge in [0.25, 0.3) is 0 Å². The van der Waals surface area contributed by atoms with Crippen LogP contribution in [0.25, 0.3) is 0 Å². The smallest absolute Gasteiger partial charge is 0.119 e. The molecule has 1 heterocycles. The Kier molecular flexibility index (Phi) is 5.12. The second-order valence-electron chi connectivity index (χ2n) is 6.26. The summed E-state index contributed by atoms with van der Waals surface area (Å²) in [6.07, 6.45) is 4.08. The normalized spacial score (nSPS) is 15.7. The third-order valence-electron chi connectivity index (χ3n) is 4.30. The third kappa shape index (κ3) is 4.35. The van der Waals surface area contributed by atoms with Gasteiger partial charge in [-0.1, -0.05) is 48.4 Å². The number of hydrogen-bond donors (Lipinski definition) is 0. The predicted octanol–water partition coefficient (Wildman–Crippen LogP) is 4.56. The molecule has 0 bridgehead atoms. The topological polar surface area (TPSA) is 12.5 Å². The van der Waals surface area contributed by atoms with Gasteiger partial charge in [-0.05, 0) is 56.1 Å². The van der Waals surface area contributed by atoms with Crippen LogP contribution in [0.2, 0.25) is 0 Å². The highest BCUT2D eigenvalue weighted by Gasteiger charge is 2.10. The average Bonchev–Trinajstić information content (AvgIpc) is 2.57. The largest absolute Gasteiger partial charge is 0.489 e. The van der Waals surface area contributed by atoms with E-state index in [9.17, 15) is 0 Å². The van der Waals surface area contributed by atoms with Crippen molar-refractivity contribution in [3.05, 3.63) is 65.2 Å². The van der Waals surface area contributed by atoms with Crippen LogP contribution < -0.4 is 4.74 Å². The van der Waals surface area contributed by atoms with E-state index < -0.39 is 0 Å². The lowest BCUT2D eigenvalue weighted by atomic mass is 10.1. The van der Waals surface area contributed by atoms with Crippen molar-refractivity contribution >= 4 is 0 Å². The molecule has 0 saturated carbocycles. The van der Waals surface area contributed by atoms with E-state index in [1.54, 1.807) is 0 Å². The van der Waals surface area contributed by atoms with Gasteiger partial charge in [0.1, 0.15) is 12.4 Å². The van der Waals surface area contributed by atoms with Gasteiger partial charge in [0.2, 0.25) is 0 Å². The summed E-state index contributed by atoms with van der Waals surface area (Å²) in [5.41, 5.74) is 3.87. The Morgan fingerprint density at radius 3 is 2.14 bits per heavy atom. The Labute approximate surface area is 133 Å². The molecule has 0 atom stereocenters. The molecule has 1 saturated heterocycles. The van der Waals surface area contributed by atoms with E-state index >= 15 is 0 Å². The first-order chi connectivity index (χ1) is 10.8. The number of piperidine rings is 1. The van der Waals surface area contributed by atoms with Gasteiger partial charge < -0.3 is 4.74 Å². The standard InChI is InChI=1S/C20H25NO/c1-17-5-7-19(8-6-17)16-22-20-11-9-18(10-12-20)15-21-13-3-2-4-14-21/h5-12H,2-4,13-16H2,1H3. The number of ether oxygens (including phenoxy) is 1. The molecule has 0 spiro atoms. The molecule has 2 aromatic rings. The first kappa shape index (κ1) is 15.1. The van der Waals surface area contributed by atoms with Crippen LogP contribution in [0.1, 0.15) is 36.0 Å². The molecule has 0 N–H and O–H groups in total. The number of aryl methyl sites for hydroxylation is 1. The van der Waals surface area contributed by atoms with Crippen molar-refractivity contribution in [2.24, 2.45) is 0 Å². The van der Waals surface area contributed by atoms with Crippen molar-refractivity contribution in [1.82, 2.24) is 4.90 Å². The van der Waals surface area contributed by atoms with Crippen LogP contribution in [0.15, 0.2) is 48.5 Å². The highest BCUT2D eigenvalue weighted by atomic mass is 16.5. The fourth-order valence-electron chi connectivity index (χ4n) is 2.92. The molecular formula is C20H25NO. The van der Waals surface area contributed by atoms with Gasteiger partial charge in [-0.3, -0.25) is 4.90 Å². The van der Waals surface area contributed by atoms with Crippen molar-refractivity contribution in [2.75, 3.05) is 13.1 Å². The minimum atomic E-state index is 0.631. The molecule has 0 unspecified atom stereocenters. The summed E-state index contributed by atoms with van der Waals surface area (Å²) in [6, 6.07) is 17.1. The van der Waals surface area contributed by atoms with E-state index in [1.165, 1.54) is 49.0 Å². The Morgan fingerprint density at radius 2 is 1.45 bits per heavy atom. The minimum absolute atomic E-state index is 0.631. The third-order valence-corrected chi connectivity index (χ3v) is 4.30. The monoisotopic (exact) mass is 295 g/mol. The van der Waals surface area contributed by atoms with Crippen LogP contribution >= 0.6 is 0 Å². The van der Waals surface area contributed by atoms with E-state index in [4.69, 9.17) is 4.74 Å². The summed E-state index contributed by atoms with van der Waals surface area (Å²) in [6.45, 7) is 6.28. The van der Waals surface area contributed by atoms with Gasteiger partial charge in [-0.2, -0.15) is 0 Å². The lowest BCUT2D eigenvalue weighted by Gasteiger charge is -2.26. The average molecular weight is 295 g/mol. The van der Waals surface area contributed by atoms with Gasteiger partial charge in [-0.15, -0.1) is 0 Å². The molecule has 0 aromatic heterocycles. The Balaban J connectivity index is 1.51. The number of rotatable bonds is 5. The molecule has 22 heavy (non-hydrogen) atoms. The minimum Gasteiger partial charge on any atom is -0.489 e. The maximum absolute atomic E-state index is 5.86. The van der Waals surface area contributed by atoms with E-state index in [0.717, 1.165) is 12.3 Å². The second kappa shape index (κ2) is 7.46. The molecule has 2 aromatic carbocycles. The van der Waals surface area contributed by atoms with E-state index in [-0.39, 0.29) is 0 Å². The molecule has 2 nitrogen and oxygen atoms in total. The number of hydrogen-bond acceptors (Lipinski definition) is 2. The molecule has 2 heteroatoms. The van der Waals surface area contributed by atoms with Crippen LogP contribution in [-0.4, -0.2) is 18.0 Å². The molecule has 116 valence electrons. The molecule has 1 aliphatic rings.